The van der Waals surface area contributed by atoms with Gasteiger partial charge in [0.15, 0.2) is 5.03 Å². The summed E-state index contributed by atoms with van der Waals surface area (Å²) < 4.78 is 27.4. The minimum atomic E-state index is -3.82. The third-order valence-corrected chi connectivity index (χ3v) is 8.90. The smallest absolute Gasteiger partial charge is 0.260 e. The van der Waals surface area contributed by atoms with Crippen molar-refractivity contribution in [2.75, 3.05) is 20.1 Å². The van der Waals surface area contributed by atoms with E-state index in [1.165, 1.54) is 22.0 Å². The van der Waals surface area contributed by atoms with Crippen LogP contribution in [0.25, 0.3) is 10.8 Å². The maximum Gasteiger partial charge on any atom is 0.260 e. The highest BCUT2D eigenvalue weighted by Gasteiger charge is 2.35. The number of carbonyl (C=O) groups is 1. The molecule has 0 bridgehead atoms. The predicted octanol–water partition coefficient (Wildman–Crippen LogP) is 3.41. The van der Waals surface area contributed by atoms with Crippen LogP contribution in [0.2, 0.25) is 0 Å². The number of nitrogens with zero attached hydrogens (tertiary/aromatic N) is 3. The van der Waals surface area contributed by atoms with Crippen LogP contribution < -0.4 is 5.32 Å². The number of amides is 1. The second-order valence-electron chi connectivity index (χ2n) is 10.6. The summed E-state index contributed by atoms with van der Waals surface area (Å²) >= 11 is 0. The highest BCUT2D eigenvalue weighted by molar-refractivity contribution is 7.89. The largest absolute Gasteiger partial charge is 0.390 e. The van der Waals surface area contributed by atoms with Crippen LogP contribution in [-0.4, -0.2) is 71.9 Å². The van der Waals surface area contributed by atoms with E-state index in [0.29, 0.717) is 31.7 Å². The molecule has 204 valence electrons. The average Bonchev–Trinajstić information content (AvgIpc) is 3.09. The Morgan fingerprint density at radius 2 is 1.87 bits per heavy atom. The number of fused-ring (bicyclic) bond motifs is 1. The number of β-amino-alcohol motifs (C(OH)–C–C–N with tert-alkyl or cyclic N) is 1. The van der Waals surface area contributed by atoms with Crippen molar-refractivity contribution in [2.24, 2.45) is 5.92 Å². The van der Waals surface area contributed by atoms with Gasteiger partial charge in [-0.05, 0) is 66.8 Å². The molecule has 8 nitrogen and oxygen atoms in total. The number of aliphatic hydroxyl groups is 1. The normalized spacial score (nSPS) is 19.9. The molecule has 9 heteroatoms. The molecule has 1 saturated heterocycles. The molecule has 2 N–H and O–H groups in total. The first-order valence-corrected chi connectivity index (χ1v) is 14.7. The van der Waals surface area contributed by atoms with Crippen LogP contribution in [0.4, 0.5) is 0 Å². The number of sulfonamides is 1. The van der Waals surface area contributed by atoms with Crippen LogP contribution in [-0.2, 0) is 21.4 Å². The molecule has 3 aromatic rings. The fourth-order valence-corrected chi connectivity index (χ4v) is 6.50. The number of nitrogens with one attached hydrogen (secondary N) is 1. The molecule has 0 saturated carbocycles. The second-order valence-corrected chi connectivity index (χ2v) is 12.5. The van der Waals surface area contributed by atoms with Gasteiger partial charge in [-0.25, -0.2) is 13.4 Å². The molecular weight excluding hydrogens is 500 g/mol. The van der Waals surface area contributed by atoms with E-state index in [9.17, 15) is 18.3 Å². The molecule has 3 atom stereocenters. The van der Waals surface area contributed by atoms with E-state index in [1.807, 2.05) is 19.2 Å². The lowest BCUT2D eigenvalue weighted by molar-refractivity contribution is -0.128. The van der Waals surface area contributed by atoms with Gasteiger partial charge in [0.25, 0.3) is 10.0 Å². The van der Waals surface area contributed by atoms with Gasteiger partial charge in [-0.1, -0.05) is 56.3 Å². The number of carbonyl (C=O) groups excluding carboxylic acids is 1. The Balaban J connectivity index is 1.44. The Morgan fingerprint density at radius 3 is 2.58 bits per heavy atom. The number of hydrogen-bond acceptors (Lipinski definition) is 6. The summed E-state index contributed by atoms with van der Waals surface area (Å²) in [7, 11) is -1.87. The molecule has 0 aliphatic carbocycles. The van der Waals surface area contributed by atoms with Crippen LogP contribution in [0, 0.1) is 5.92 Å². The van der Waals surface area contributed by atoms with Crippen molar-refractivity contribution in [1.29, 1.82) is 0 Å². The van der Waals surface area contributed by atoms with Gasteiger partial charge in [0, 0.05) is 25.8 Å². The molecule has 0 radical (unpaired) electrons. The minimum Gasteiger partial charge on any atom is -0.390 e. The molecule has 2 aromatic carbocycles. The Morgan fingerprint density at radius 1 is 1.13 bits per heavy atom. The van der Waals surface area contributed by atoms with Crippen molar-refractivity contribution in [3.63, 3.8) is 0 Å². The monoisotopic (exact) mass is 538 g/mol. The van der Waals surface area contributed by atoms with Crippen molar-refractivity contribution in [3.05, 3.63) is 72.4 Å². The number of rotatable bonds is 9. The number of likely N-dealkylation sites (N-methyl/N-ethyl adjacent to an activating group) is 1. The summed E-state index contributed by atoms with van der Waals surface area (Å²) in [6, 6.07) is 18.4. The van der Waals surface area contributed by atoms with E-state index in [-0.39, 0.29) is 30.1 Å². The molecule has 38 heavy (non-hydrogen) atoms. The van der Waals surface area contributed by atoms with Gasteiger partial charge in [-0.3, -0.25) is 9.69 Å². The Hall–Kier alpha value is -2.85. The lowest BCUT2D eigenvalue weighted by Crippen LogP contribution is -2.53. The van der Waals surface area contributed by atoms with Crippen LogP contribution in [0.5, 0.6) is 0 Å². The summed E-state index contributed by atoms with van der Waals surface area (Å²) in [5, 5.41) is 16.3. The third kappa shape index (κ3) is 6.77. The van der Waals surface area contributed by atoms with Gasteiger partial charge in [0.2, 0.25) is 5.91 Å². The first-order valence-electron chi connectivity index (χ1n) is 13.2. The maximum absolute atomic E-state index is 13.5. The third-order valence-electron chi connectivity index (χ3n) is 7.12. The minimum absolute atomic E-state index is 0.0398. The number of pyridine rings is 1. The zero-order valence-corrected chi connectivity index (χ0v) is 23.1. The van der Waals surface area contributed by atoms with Crippen LogP contribution >= 0.6 is 0 Å². The number of benzene rings is 2. The fraction of sp³-hybridized carbons (Fsp3) is 0.448. The number of aromatic nitrogens is 1. The standard InChI is InChI=1S/C29H38N4O4S/c1-21(2)17-26(32(3)19-22-13-14-23-9-4-5-10-24(23)18-22)29(35)31-25-11-8-16-33(20-27(25)34)38(36,37)28-12-6-7-15-30-28/h4-7,9-10,12-15,18,21,25-27,34H,8,11,16-17,19-20H2,1-3H3,(H,31,35)/t25?,26-,27?/m0/s1. The Labute approximate surface area is 225 Å². The molecule has 1 aromatic heterocycles. The molecule has 1 fully saturated rings. The molecule has 2 unspecified atom stereocenters. The topological polar surface area (TPSA) is 103 Å². The van der Waals surface area contributed by atoms with Crippen molar-refractivity contribution in [1.82, 2.24) is 19.5 Å². The fourth-order valence-electron chi connectivity index (χ4n) is 5.07. The van der Waals surface area contributed by atoms with Gasteiger partial charge in [0.1, 0.15) is 0 Å². The highest BCUT2D eigenvalue weighted by atomic mass is 32.2. The van der Waals surface area contributed by atoms with Gasteiger partial charge in [-0.15, -0.1) is 0 Å². The van der Waals surface area contributed by atoms with Gasteiger partial charge in [0.05, 0.1) is 18.2 Å². The number of aliphatic hydroxyl groups excluding tert-OH is 1. The summed E-state index contributed by atoms with van der Waals surface area (Å²) in [6.45, 7) is 4.96. The maximum atomic E-state index is 13.5. The van der Waals surface area contributed by atoms with Crippen LogP contribution in [0.3, 0.4) is 0 Å². The van der Waals surface area contributed by atoms with Crippen molar-refractivity contribution >= 4 is 26.7 Å². The zero-order chi connectivity index (χ0) is 27.3. The van der Waals surface area contributed by atoms with E-state index in [1.54, 1.807) is 12.1 Å². The number of hydrogen-bond donors (Lipinski definition) is 2. The molecule has 0 spiro atoms. The van der Waals surface area contributed by atoms with Gasteiger partial charge >= 0.3 is 0 Å². The van der Waals surface area contributed by atoms with Crippen LogP contribution in [0.15, 0.2) is 71.9 Å². The van der Waals surface area contributed by atoms with Gasteiger partial charge < -0.3 is 10.4 Å². The zero-order valence-electron chi connectivity index (χ0n) is 22.3. The van der Waals surface area contributed by atoms with E-state index in [2.05, 4.69) is 59.4 Å². The Kier molecular flexibility index (Phi) is 9.15. The Bertz CT molecular complexity index is 1330. The summed E-state index contributed by atoms with van der Waals surface area (Å²) in [4.78, 5) is 19.6. The molecular formula is C29H38N4O4S. The van der Waals surface area contributed by atoms with Crippen molar-refractivity contribution < 1.29 is 18.3 Å². The van der Waals surface area contributed by atoms with Crippen molar-refractivity contribution in [2.45, 2.75) is 62.9 Å². The molecule has 2 heterocycles. The van der Waals surface area contributed by atoms with Crippen LogP contribution in [0.1, 0.15) is 38.7 Å². The van der Waals surface area contributed by atoms with E-state index >= 15 is 0 Å². The molecule has 1 aliphatic heterocycles. The summed E-state index contributed by atoms with van der Waals surface area (Å²) in [6.07, 6.45) is 2.09. The molecule has 1 amide bonds. The lowest BCUT2D eigenvalue weighted by Gasteiger charge is -2.31. The first kappa shape index (κ1) is 28.2. The molecule has 4 rings (SSSR count). The summed E-state index contributed by atoms with van der Waals surface area (Å²) in [5.74, 6) is 0.148. The first-order chi connectivity index (χ1) is 18.1. The van der Waals surface area contributed by atoms with E-state index in [4.69, 9.17) is 0 Å². The quantitative estimate of drug-likeness (QED) is 0.433. The van der Waals surface area contributed by atoms with E-state index < -0.39 is 22.2 Å². The van der Waals surface area contributed by atoms with Crippen molar-refractivity contribution in [3.8, 4) is 0 Å². The lowest BCUT2D eigenvalue weighted by atomic mass is 9.99. The average molecular weight is 539 g/mol. The predicted molar refractivity (Wildman–Crippen MR) is 149 cm³/mol. The van der Waals surface area contributed by atoms with Gasteiger partial charge in [-0.2, -0.15) is 4.31 Å². The molecule has 1 aliphatic rings. The second kappa shape index (κ2) is 12.3. The SMILES string of the molecule is CC(C)C[C@@H](C(=O)NC1CCCN(S(=O)(=O)c2ccccn2)CC1O)N(C)Cc1ccc2ccccc2c1. The summed E-state index contributed by atoms with van der Waals surface area (Å²) in [5.41, 5.74) is 1.12. The van der Waals surface area contributed by atoms with E-state index in [0.717, 1.165) is 10.9 Å². The highest BCUT2D eigenvalue weighted by Crippen LogP contribution is 2.22.